The number of aliphatic carboxylic acids is 2. The van der Waals surface area contributed by atoms with Crippen LogP contribution in [0.15, 0.2) is 4.99 Å². The van der Waals surface area contributed by atoms with E-state index in [9.17, 15) is 63.3 Å². The van der Waals surface area contributed by atoms with Crippen molar-refractivity contribution >= 4 is 65.2 Å². The van der Waals surface area contributed by atoms with Crippen molar-refractivity contribution in [2.45, 2.75) is 173 Å². The SMILES string of the molecule is CC[C@H](C)[C@H](NC(=O)[C@H](CCC(=O)O)NC(=O)[C@H](CC(C)C)NC(=O)[C@H](CCCCN)NC(=O)[C@@H](NC(=O)CN)[C@@H](C)O)C(=O)N[C@@H](CCCCN)C(=O)N[C@@H](CCCN=C(N)N)C(=O)N[C@@H](C)C(=O)O. The van der Waals surface area contributed by atoms with Gasteiger partial charge < -0.3 is 86.5 Å². The lowest BCUT2D eigenvalue weighted by atomic mass is 9.96. The number of nitrogens with zero attached hydrogens (tertiary/aromatic N) is 1. The molecule has 0 radical (unpaired) electrons. The highest BCUT2D eigenvalue weighted by atomic mass is 16.4. The maximum absolute atomic E-state index is 14.2. The van der Waals surface area contributed by atoms with E-state index in [1.54, 1.807) is 27.7 Å². The number of aliphatic hydroxyl groups excluding tert-OH is 1. The minimum absolute atomic E-state index is 0.0000434. The van der Waals surface area contributed by atoms with Crippen molar-refractivity contribution in [1.29, 1.82) is 0 Å². The van der Waals surface area contributed by atoms with Gasteiger partial charge in [-0.25, -0.2) is 0 Å². The van der Waals surface area contributed by atoms with Gasteiger partial charge in [0.2, 0.25) is 47.3 Å². The molecular weight excluding hydrogens is 933 g/mol. The van der Waals surface area contributed by atoms with Crippen molar-refractivity contribution in [2.75, 3.05) is 26.2 Å². The van der Waals surface area contributed by atoms with E-state index in [1.807, 2.05) is 0 Å². The van der Waals surface area contributed by atoms with Crippen molar-refractivity contribution < 1.29 is 63.3 Å². The number of guanidine groups is 1. The van der Waals surface area contributed by atoms with Crippen LogP contribution in [0.1, 0.15) is 119 Å². The lowest BCUT2D eigenvalue weighted by molar-refractivity contribution is -0.142. The Labute approximate surface area is 414 Å². The van der Waals surface area contributed by atoms with E-state index in [1.165, 1.54) is 13.8 Å². The topological polar surface area (TPSA) is 470 Å². The molecule has 0 unspecified atom stereocenters. The molecule has 27 nitrogen and oxygen atoms in total. The number of nitrogens with one attached hydrogen (secondary N) is 8. The van der Waals surface area contributed by atoms with Crippen LogP contribution in [-0.2, 0) is 47.9 Å². The number of unbranched alkanes of at least 4 members (excludes halogenated alkanes) is 2. The zero-order valence-electron chi connectivity index (χ0n) is 41.9. The van der Waals surface area contributed by atoms with Gasteiger partial charge in [0, 0.05) is 13.0 Å². The van der Waals surface area contributed by atoms with E-state index in [0.717, 1.165) is 0 Å². The van der Waals surface area contributed by atoms with Crippen LogP contribution in [0.5, 0.6) is 0 Å². The molecule has 0 spiro atoms. The fourth-order valence-electron chi connectivity index (χ4n) is 6.84. The fourth-order valence-corrected chi connectivity index (χ4v) is 6.84. The quantitative estimate of drug-likeness (QED) is 0.0159. The van der Waals surface area contributed by atoms with Gasteiger partial charge in [-0.05, 0) is 103 Å². The zero-order chi connectivity index (χ0) is 54.4. The minimum atomic E-state index is -1.59. The molecule has 0 aliphatic heterocycles. The van der Waals surface area contributed by atoms with E-state index < -0.39 is 139 Å². The molecule has 21 N–H and O–H groups in total. The second-order valence-electron chi connectivity index (χ2n) is 17.8. The highest BCUT2D eigenvalue weighted by Crippen LogP contribution is 2.14. The number of rotatable bonds is 37. The minimum Gasteiger partial charge on any atom is -0.481 e. The molecule has 0 heterocycles. The molecule has 0 fully saturated rings. The van der Waals surface area contributed by atoms with Gasteiger partial charge in [-0.15, -0.1) is 0 Å². The van der Waals surface area contributed by atoms with Gasteiger partial charge in [0.25, 0.3) is 0 Å². The molecule has 71 heavy (non-hydrogen) atoms. The summed E-state index contributed by atoms with van der Waals surface area (Å²) in [5, 5.41) is 49.3. The van der Waals surface area contributed by atoms with E-state index in [-0.39, 0.29) is 63.6 Å². The Morgan fingerprint density at radius 1 is 0.521 bits per heavy atom. The highest BCUT2D eigenvalue weighted by Gasteiger charge is 2.36. The lowest BCUT2D eigenvalue weighted by Crippen LogP contribution is -2.61. The predicted octanol–water partition coefficient (Wildman–Crippen LogP) is -4.42. The van der Waals surface area contributed by atoms with E-state index in [0.29, 0.717) is 32.1 Å². The van der Waals surface area contributed by atoms with Gasteiger partial charge in [0.15, 0.2) is 5.96 Å². The third-order valence-corrected chi connectivity index (χ3v) is 11.1. The van der Waals surface area contributed by atoms with Gasteiger partial charge in [-0.2, -0.15) is 0 Å². The largest absolute Gasteiger partial charge is 0.481 e. The summed E-state index contributed by atoms with van der Waals surface area (Å²) in [5.74, 6) is -10.6. The van der Waals surface area contributed by atoms with E-state index in [4.69, 9.17) is 28.7 Å². The number of amides is 8. The van der Waals surface area contributed by atoms with Crippen molar-refractivity contribution in [1.82, 2.24) is 42.5 Å². The third-order valence-electron chi connectivity index (χ3n) is 11.1. The summed E-state index contributed by atoms with van der Waals surface area (Å²) in [5.41, 5.74) is 27.5. The Morgan fingerprint density at radius 2 is 0.944 bits per heavy atom. The number of hydrogen-bond acceptors (Lipinski definition) is 15. The molecule has 0 aromatic heterocycles. The number of aliphatic imine (C=N–C) groups is 1. The Balaban J connectivity index is 6.78. The molecule has 0 aliphatic carbocycles. The van der Waals surface area contributed by atoms with Crippen LogP contribution in [0.3, 0.4) is 0 Å². The van der Waals surface area contributed by atoms with Gasteiger partial charge in [0.05, 0.1) is 12.6 Å². The second kappa shape index (κ2) is 35.0. The average Bonchev–Trinajstić information content (AvgIpc) is 3.29. The summed E-state index contributed by atoms with van der Waals surface area (Å²) in [4.78, 5) is 136. The molecular formula is C44H82N14O13. The van der Waals surface area contributed by atoms with Crippen LogP contribution < -0.4 is 71.2 Å². The van der Waals surface area contributed by atoms with Crippen molar-refractivity contribution in [3.8, 4) is 0 Å². The van der Waals surface area contributed by atoms with Gasteiger partial charge in [-0.3, -0.25) is 52.9 Å². The molecule has 8 amide bonds. The number of hydrogen-bond donors (Lipinski definition) is 16. The first-order valence-corrected chi connectivity index (χ1v) is 24.0. The molecule has 0 rings (SSSR count). The molecule has 0 saturated carbocycles. The number of nitrogens with two attached hydrogens (primary N) is 5. The normalized spacial score (nSPS) is 15.3. The Bertz CT molecular complexity index is 1780. The van der Waals surface area contributed by atoms with Crippen LogP contribution in [0.2, 0.25) is 0 Å². The molecule has 0 bridgehead atoms. The number of aliphatic hydroxyl groups is 1. The standard InChI is InChI=1S/C44H82N14O13/c1-7-24(4)34(41(68)54-27(13-8-10-18-45)37(64)52-29(15-12-20-50-44(48)49)36(63)51-25(5)43(70)71)58-39(66)30(16-17-33(61)62)53-40(67)31(21-23(2)3)56-38(65)28(14-9-11-19-46)55-42(69)35(26(6)59)57-32(60)22-47/h23-31,34-35,59H,7-22,45-47H2,1-6H3,(H,51,63)(H,52,64)(H,53,67)(H,54,68)(H,55,69)(H,56,65)(H,57,60)(H,58,66)(H,61,62)(H,70,71)(H4,48,49,50)/t24-,25-,26+,27-,28-,29-,30-,31-,34-,35-/m0/s1. The Kier molecular flexibility index (Phi) is 31.9. The number of carboxylic acids is 2. The summed E-state index contributed by atoms with van der Waals surface area (Å²) in [6.45, 7) is 9.42. The summed E-state index contributed by atoms with van der Waals surface area (Å²) in [6.07, 6.45) is -0.394. The molecule has 406 valence electrons. The van der Waals surface area contributed by atoms with Crippen molar-refractivity contribution in [3.63, 3.8) is 0 Å². The Morgan fingerprint density at radius 3 is 1.37 bits per heavy atom. The van der Waals surface area contributed by atoms with Gasteiger partial charge in [-0.1, -0.05) is 34.1 Å². The van der Waals surface area contributed by atoms with Crippen molar-refractivity contribution in [3.05, 3.63) is 0 Å². The summed E-state index contributed by atoms with van der Waals surface area (Å²) < 4.78 is 0. The van der Waals surface area contributed by atoms with Crippen LogP contribution >= 0.6 is 0 Å². The zero-order valence-corrected chi connectivity index (χ0v) is 41.9. The summed E-state index contributed by atoms with van der Waals surface area (Å²) in [7, 11) is 0. The van der Waals surface area contributed by atoms with Gasteiger partial charge in [0.1, 0.15) is 48.3 Å². The van der Waals surface area contributed by atoms with Gasteiger partial charge >= 0.3 is 11.9 Å². The maximum Gasteiger partial charge on any atom is 0.325 e. The van der Waals surface area contributed by atoms with Crippen LogP contribution in [0, 0.1) is 11.8 Å². The van der Waals surface area contributed by atoms with Crippen molar-refractivity contribution in [2.24, 2.45) is 45.5 Å². The molecule has 10 atom stereocenters. The number of carbonyl (C=O) groups excluding carboxylic acids is 8. The molecule has 27 heteroatoms. The fraction of sp³-hybridized carbons (Fsp3) is 0.750. The highest BCUT2D eigenvalue weighted by molar-refractivity contribution is 5.98. The summed E-state index contributed by atoms with van der Waals surface area (Å²) >= 11 is 0. The number of carboxylic acid groups (broad SMARTS) is 2. The Hall–Kier alpha value is -6.19. The monoisotopic (exact) mass is 1010 g/mol. The molecule has 0 aromatic rings. The van der Waals surface area contributed by atoms with Crippen LogP contribution in [-0.4, -0.2) is 161 Å². The molecule has 0 aliphatic rings. The predicted molar refractivity (Wildman–Crippen MR) is 261 cm³/mol. The molecule has 0 saturated heterocycles. The third kappa shape index (κ3) is 26.6. The first kappa shape index (κ1) is 64.8. The van der Waals surface area contributed by atoms with E-state index >= 15 is 0 Å². The number of carbonyl (C=O) groups is 10. The van der Waals surface area contributed by atoms with E-state index in [2.05, 4.69) is 47.5 Å². The first-order valence-electron chi connectivity index (χ1n) is 24.0. The lowest BCUT2D eigenvalue weighted by Gasteiger charge is -2.30. The smallest absolute Gasteiger partial charge is 0.325 e. The second-order valence-corrected chi connectivity index (χ2v) is 17.8. The maximum atomic E-state index is 14.2. The average molecular weight is 1020 g/mol. The first-order chi connectivity index (χ1) is 33.3. The van der Waals surface area contributed by atoms with Crippen LogP contribution in [0.25, 0.3) is 0 Å². The van der Waals surface area contributed by atoms with Crippen LogP contribution in [0.4, 0.5) is 0 Å². The summed E-state index contributed by atoms with van der Waals surface area (Å²) in [6, 6.07) is -11.0. The molecule has 0 aromatic carbocycles.